The van der Waals surface area contributed by atoms with Gasteiger partial charge in [-0.2, -0.15) is 0 Å². The van der Waals surface area contributed by atoms with E-state index in [-0.39, 0.29) is 6.04 Å². The van der Waals surface area contributed by atoms with Crippen LogP contribution in [-0.4, -0.2) is 16.5 Å². The van der Waals surface area contributed by atoms with Gasteiger partial charge in [0.15, 0.2) is 0 Å². The largest absolute Gasteiger partial charge is 0.370 e. The van der Waals surface area contributed by atoms with E-state index in [2.05, 4.69) is 41.4 Å². The van der Waals surface area contributed by atoms with Crippen molar-refractivity contribution < 1.29 is 0 Å². The first-order valence-corrected chi connectivity index (χ1v) is 8.45. The molecule has 0 aromatic carbocycles. The second-order valence-corrected chi connectivity index (χ2v) is 6.59. The van der Waals surface area contributed by atoms with Crippen LogP contribution >= 0.6 is 22.9 Å². The van der Waals surface area contributed by atoms with E-state index in [0.29, 0.717) is 0 Å². The van der Waals surface area contributed by atoms with Crippen LogP contribution in [0, 0.1) is 0 Å². The minimum absolute atomic E-state index is 0.168. The molecule has 114 valence electrons. The molecular formula is C15H21ClN4S. The van der Waals surface area contributed by atoms with Gasteiger partial charge in [-0.15, -0.1) is 11.3 Å². The molecule has 0 radical (unpaired) electrons. The van der Waals surface area contributed by atoms with Gasteiger partial charge in [0.25, 0.3) is 0 Å². The molecule has 0 saturated heterocycles. The van der Waals surface area contributed by atoms with Crippen LogP contribution in [0.3, 0.4) is 0 Å². The Labute approximate surface area is 135 Å². The molecule has 6 heteroatoms. The lowest BCUT2D eigenvalue weighted by Gasteiger charge is -2.15. The highest BCUT2D eigenvalue weighted by Gasteiger charge is 2.10. The standard InChI is InChI=1S/C15H21ClN4S/c1-4-8-17-14-9-15(20-13(5-2)19-14)18-10(3)11-6-7-12(16)21-11/h6-7,9-10H,4-5,8H2,1-3H3,(H2,17,18,19,20). The molecule has 2 aromatic rings. The van der Waals surface area contributed by atoms with Gasteiger partial charge >= 0.3 is 0 Å². The average Bonchev–Trinajstić information content (AvgIpc) is 2.91. The van der Waals surface area contributed by atoms with Gasteiger partial charge in [0.05, 0.1) is 10.4 Å². The van der Waals surface area contributed by atoms with E-state index in [1.54, 1.807) is 11.3 Å². The van der Waals surface area contributed by atoms with Crippen molar-refractivity contribution in [2.45, 2.75) is 39.7 Å². The van der Waals surface area contributed by atoms with Crippen LogP contribution in [-0.2, 0) is 6.42 Å². The zero-order valence-electron chi connectivity index (χ0n) is 12.6. The van der Waals surface area contributed by atoms with Gasteiger partial charge in [0.2, 0.25) is 0 Å². The normalized spacial score (nSPS) is 12.2. The Balaban J connectivity index is 2.14. The number of anilines is 2. The number of thiophene rings is 1. The fourth-order valence-corrected chi connectivity index (χ4v) is 2.99. The summed E-state index contributed by atoms with van der Waals surface area (Å²) in [4.78, 5) is 10.2. The van der Waals surface area contributed by atoms with Gasteiger partial charge in [-0.05, 0) is 25.5 Å². The van der Waals surface area contributed by atoms with Crippen LogP contribution < -0.4 is 10.6 Å². The highest BCUT2D eigenvalue weighted by Crippen LogP contribution is 2.28. The molecule has 2 rings (SSSR count). The topological polar surface area (TPSA) is 49.8 Å². The summed E-state index contributed by atoms with van der Waals surface area (Å²) >= 11 is 7.58. The summed E-state index contributed by atoms with van der Waals surface area (Å²) in [6.07, 6.45) is 1.88. The van der Waals surface area contributed by atoms with Crippen LogP contribution in [0.1, 0.15) is 43.9 Å². The molecule has 2 aromatic heterocycles. The van der Waals surface area contributed by atoms with Crippen LogP contribution in [0.15, 0.2) is 18.2 Å². The summed E-state index contributed by atoms with van der Waals surface area (Å²) in [6, 6.07) is 6.09. The Hall–Kier alpha value is -1.33. The van der Waals surface area contributed by atoms with Crippen molar-refractivity contribution in [3.8, 4) is 0 Å². The average molecular weight is 325 g/mol. The Kier molecular flexibility index (Phi) is 5.82. The lowest BCUT2D eigenvalue weighted by Crippen LogP contribution is -2.10. The van der Waals surface area contributed by atoms with Gasteiger partial charge in [0, 0.05) is 23.9 Å². The van der Waals surface area contributed by atoms with Gasteiger partial charge in [0.1, 0.15) is 17.5 Å². The number of nitrogens with zero attached hydrogens (tertiary/aromatic N) is 2. The van der Waals surface area contributed by atoms with Crippen molar-refractivity contribution in [1.29, 1.82) is 0 Å². The minimum Gasteiger partial charge on any atom is -0.370 e. The maximum absolute atomic E-state index is 5.99. The summed E-state index contributed by atoms with van der Waals surface area (Å²) in [6.45, 7) is 7.21. The van der Waals surface area contributed by atoms with Crippen molar-refractivity contribution in [3.63, 3.8) is 0 Å². The zero-order chi connectivity index (χ0) is 15.2. The number of aryl methyl sites for hydroxylation is 1. The zero-order valence-corrected chi connectivity index (χ0v) is 14.2. The van der Waals surface area contributed by atoms with Crippen LogP contribution in [0.25, 0.3) is 0 Å². The molecule has 0 bridgehead atoms. The highest BCUT2D eigenvalue weighted by atomic mass is 35.5. The molecule has 0 aliphatic heterocycles. The molecule has 0 fully saturated rings. The predicted octanol–water partition coefficient (Wildman–Crippen LogP) is 4.75. The quantitative estimate of drug-likeness (QED) is 0.771. The van der Waals surface area contributed by atoms with E-state index in [9.17, 15) is 0 Å². The van der Waals surface area contributed by atoms with Gasteiger partial charge < -0.3 is 10.6 Å². The Morgan fingerprint density at radius 2 is 2.00 bits per heavy atom. The fraction of sp³-hybridized carbons (Fsp3) is 0.467. The van der Waals surface area contributed by atoms with E-state index in [1.807, 2.05) is 18.2 Å². The fourth-order valence-electron chi connectivity index (χ4n) is 1.93. The molecule has 21 heavy (non-hydrogen) atoms. The van der Waals surface area contributed by atoms with Gasteiger partial charge in [-0.1, -0.05) is 25.4 Å². The molecule has 0 amide bonds. The molecule has 0 saturated carbocycles. The molecular weight excluding hydrogens is 304 g/mol. The van der Waals surface area contributed by atoms with Crippen molar-refractivity contribution in [1.82, 2.24) is 9.97 Å². The van der Waals surface area contributed by atoms with E-state index in [1.165, 1.54) is 4.88 Å². The lowest BCUT2D eigenvalue weighted by atomic mass is 10.2. The molecule has 2 N–H and O–H groups in total. The van der Waals surface area contributed by atoms with E-state index < -0.39 is 0 Å². The molecule has 1 unspecified atom stereocenters. The number of aromatic nitrogens is 2. The Morgan fingerprint density at radius 3 is 2.62 bits per heavy atom. The SMILES string of the molecule is CCCNc1cc(NC(C)c2ccc(Cl)s2)nc(CC)n1. The molecule has 4 nitrogen and oxygen atoms in total. The first-order chi connectivity index (χ1) is 10.1. The first-order valence-electron chi connectivity index (χ1n) is 7.26. The second kappa shape index (κ2) is 7.61. The molecule has 2 heterocycles. The highest BCUT2D eigenvalue weighted by molar-refractivity contribution is 7.16. The minimum atomic E-state index is 0.168. The third-order valence-corrected chi connectivity index (χ3v) is 4.44. The predicted molar refractivity (Wildman–Crippen MR) is 91.6 cm³/mol. The summed E-state index contributed by atoms with van der Waals surface area (Å²) in [5.74, 6) is 2.56. The first kappa shape index (κ1) is 16.0. The number of halogens is 1. The third kappa shape index (κ3) is 4.58. The van der Waals surface area contributed by atoms with E-state index >= 15 is 0 Å². The van der Waals surface area contributed by atoms with Crippen LogP contribution in [0.4, 0.5) is 11.6 Å². The lowest BCUT2D eigenvalue weighted by molar-refractivity contribution is 0.869. The second-order valence-electron chi connectivity index (χ2n) is 4.84. The number of hydrogen-bond donors (Lipinski definition) is 2. The third-order valence-electron chi connectivity index (χ3n) is 3.03. The van der Waals surface area contributed by atoms with Crippen molar-refractivity contribution in [3.05, 3.63) is 33.2 Å². The van der Waals surface area contributed by atoms with E-state index in [0.717, 1.165) is 41.2 Å². The number of nitrogens with one attached hydrogen (secondary N) is 2. The summed E-state index contributed by atoms with van der Waals surface area (Å²) in [5.41, 5.74) is 0. The number of hydrogen-bond acceptors (Lipinski definition) is 5. The molecule has 0 aliphatic carbocycles. The van der Waals surface area contributed by atoms with Crippen LogP contribution in [0.5, 0.6) is 0 Å². The van der Waals surface area contributed by atoms with Gasteiger partial charge in [-0.25, -0.2) is 9.97 Å². The van der Waals surface area contributed by atoms with E-state index in [4.69, 9.17) is 11.6 Å². The van der Waals surface area contributed by atoms with Gasteiger partial charge in [-0.3, -0.25) is 0 Å². The maximum atomic E-state index is 5.99. The van der Waals surface area contributed by atoms with Crippen molar-refractivity contribution in [2.24, 2.45) is 0 Å². The molecule has 0 aliphatic rings. The van der Waals surface area contributed by atoms with Crippen LogP contribution in [0.2, 0.25) is 4.34 Å². The molecule has 1 atom stereocenters. The Bertz CT molecular complexity index is 585. The monoisotopic (exact) mass is 324 g/mol. The maximum Gasteiger partial charge on any atom is 0.132 e. The Morgan fingerprint density at radius 1 is 1.24 bits per heavy atom. The summed E-state index contributed by atoms with van der Waals surface area (Å²) in [7, 11) is 0. The molecule has 0 spiro atoms. The number of rotatable bonds is 7. The summed E-state index contributed by atoms with van der Waals surface area (Å²) < 4.78 is 0.806. The smallest absolute Gasteiger partial charge is 0.132 e. The summed E-state index contributed by atoms with van der Waals surface area (Å²) in [5, 5.41) is 6.74. The van der Waals surface area contributed by atoms with Crippen molar-refractivity contribution >= 4 is 34.6 Å². The van der Waals surface area contributed by atoms with Crippen molar-refractivity contribution in [2.75, 3.05) is 17.2 Å².